The molecule has 1 amide bonds. The van der Waals surface area contributed by atoms with Crippen molar-refractivity contribution in [3.63, 3.8) is 0 Å². The van der Waals surface area contributed by atoms with Crippen LogP contribution in [0.5, 0.6) is 5.75 Å². The fourth-order valence-corrected chi connectivity index (χ4v) is 1.60. The van der Waals surface area contributed by atoms with Crippen LogP contribution in [0.4, 0.5) is 5.69 Å². The van der Waals surface area contributed by atoms with Gasteiger partial charge in [0.25, 0.3) is 0 Å². The molecule has 4 nitrogen and oxygen atoms in total. The number of nitrogens with two attached hydrogens (primary N) is 1. The summed E-state index contributed by atoms with van der Waals surface area (Å²) in [5.41, 5.74) is 7.56. The number of fused-ring (bicyclic) bond motifs is 1. The third kappa shape index (κ3) is 1.44. The number of amides is 1. The first-order chi connectivity index (χ1) is 6.70. The molecule has 0 spiro atoms. The standard InChI is InChI=1S/C10H12N2O2/c1-14-6-2-3-9-7(4-6)8(11)5-10(13)12-9/h2-4,8H,5,11H2,1H3,(H,12,13). The van der Waals surface area contributed by atoms with Crippen LogP contribution in [0.25, 0.3) is 0 Å². The molecule has 1 aromatic rings. The van der Waals surface area contributed by atoms with E-state index in [0.29, 0.717) is 6.42 Å². The van der Waals surface area contributed by atoms with Crippen molar-refractivity contribution < 1.29 is 9.53 Å². The first-order valence-corrected chi connectivity index (χ1v) is 4.44. The number of ether oxygens (including phenoxy) is 1. The average Bonchev–Trinajstić information content (AvgIpc) is 2.17. The Balaban J connectivity index is 2.44. The number of nitrogens with one attached hydrogen (secondary N) is 1. The van der Waals surface area contributed by atoms with Gasteiger partial charge in [0.05, 0.1) is 7.11 Å². The predicted molar refractivity (Wildman–Crippen MR) is 53.2 cm³/mol. The highest BCUT2D eigenvalue weighted by molar-refractivity contribution is 5.94. The summed E-state index contributed by atoms with van der Waals surface area (Å²) in [6, 6.07) is 5.25. The summed E-state index contributed by atoms with van der Waals surface area (Å²) >= 11 is 0. The summed E-state index contributed by atoms with van der Waals surface area (Å²) in [6.45, 7) is 0. The fraction of sp³-hybridized carbons (Fsp3) is 0.300. The molecule has 0 fully saturated rings. The number of anilines is 1. The maximum atomic E-state index is 11.2. The lowest BCUT2D eigenvalue weighted by Gasteiger charge is -2.22. The zero-order valence-corrected chi connectivity index (χ0v) is 7.91. The molecule has 1 aliphatic rings. The molecule has 1 aliphatic heterocycles. The molecule has 1 unspecified atom stereocenters. The van der Waals surface area contributed by atoms with Crippen LogP contribution in [0.3, 0.4) is 0 Å². The Morgan fingerprint density at radius 1 is 1.57 bits per heavy atom. The molecule has 3 N–H and O–H groups in total. The molecule has 4 heteroatoms. The Kier molecular flexibility index (Phi) is 2.13. The van der Waals surface area contributed by atoms with Gasteiger partial charge in [-0.2, -0.15) is 0 Å². The van der Waals surface area contributed by atoms with Crippen molar-refractivity contribution in [3.8, 4) is 5.75 Å². The lowest BCUT2D eigenvalue weighted by molar-refractivity contribution is -0.116. The molecule has 0 radical (unpaired) electrons. The van der Waals surface area contributed by atoms with Crippen molar-refractivity contribution in [2.45, 2.75) is 12.5 Å². The lowest BCUT2D eigenvalue weighted by Crippen LogP contribution is -2.27. The quantitative estimate of drug-likeness (QED) is 0.698. The fourth-order valence-electron chi connectivity index (χ4n) is 1.60. The molecule has 1 heterocycles. The largest absolute Gasteiger partial charge is 0.497 e. The topological polar surface area (TPSA) is 64.3 Å². The van der Waals surface area contributed by atoms with Gasteiger partial charge in [-0.1, -0.05) is 0 Å². The second kappa shape index (κ2) is 3.31. The van der Waals surface area contributed by atoms with E-state index in [4.69, 9.17) is 10.5 Å². The van der Waals surface area contributed by atoms with Crippen LogP contribution in [0.1, 0.15) is 18.0 Å². The monoisotopic (exact) mass is 192 g/mol. The van der Waals surface area contributed by atoms with Crippen LogP contribution < -0.4 is 15.8 Å². The van der Waals surface area contributed by atoms with E-state index in [-0.39, 0.29) is 11.9 Å². The maximum absolute atomic E-state index is 11.2. The van der Waals surface area contributed by atoms with Crippen molar-refractivity contribution in [1.82, 2.24) is 0 Å². The maximum Gasteiger partial charge on any atom is 0.226 e. The van der Waals surface area contributed by atoms with Crippen molar-refractivity contribution >= 4 is 11.6 Å². The van der Waals surface area contributed by atoms with Crippen LogP contribution in [0.2, 0.25) is 0 Å². The van der Waals surface area contributed by atoms with E-state index in [2.05, 4.69) is 5.32 Å². The molecule has 1 atom stereocenters. The first kappa shape index (κ1) is 9.02. The van der Waals surface area contributed by atoms with Crippen molar-refractivity contribution in [3.05, 3.63) is 23.8 Å². The first-order valence-electron chi connectivity index (χ1n) is 4.44. The van der Waals surface area contributed by atoms with Crippen LogP contribution in [0, 0.1) is 0 Å². The van der Waals surface area contributed by atoms with Crippen molar-refractivity contribution in [2.75, 3.05) is 12.4 Å². The number of hydrogen-bond donors (Lipinski definition) is 2. The Bertz CT molecular complexity index is 376. The molecule has 74 valence electrons. The smallest absolute Gasteiger partial charge is 0.226 e. The van der Waals surface area contributed by atoms with E-state index in [1.807, 2.05) is 12.1 Å². The Labute approximate surface area is 82.1 Å². The number of methoxy groups -OCH3 is 1. The van der Waals surface area contributed by atoms with Gasteiger partial charge in [-0.05, 0) is 23.8 Å². The zero-order chi connectivity index (χ0) is 10.1. The van der Waals surface area contributed by atoms with E-state index in [1.54, 1.807) is 13.2 Å². The molecule has 14 heavy (non-hydrogen) atoms. The third-order valence-corrected chi connectivity index (χ3v) is 2.34. The molecular weight excluding hydrogens is 180 g/mol. The summed E-state index contributed by atoms with van der Waals surface area (Å²) < 4.78 is 5.09. The van der Waals surface area contributed by atoms with Gasteiger partial charge in [0.1, 0.15) is 5.75 Å². The third-order valence-electron chi connectivity index (χ3n) is 2.34. The molecule has 2 rings (SSSR count). The minimum Gasteiger partial charge on any atom is -0.497 e. The molecule has 0 saturated carbocycles. The van der Waals surface area contributed by atoms with E-state index >= 15 is 0 Å². The highest BCUT2D eigenvalue weighted by Gasteiger charge is 2.22. The van der Waals surface area contributed by atoms with Crippen LogP contribution in [-0.2, 0) is 4.79 Å². The Morgan fingerprint density at radius 3 is 3.07 bits per heavy atom. The van der Waals surface area contributed by atoms with Crippen LogP contribution >= 0.6 is 0 Å². The van der Waals surface area contributed by atoms with Gasteiger partial charge in [-0.25, -0.2) is 0 Å². The summed E-state index contributed by atoms with van der Waals surface area (Å²) in [5.74, 6) is 0.727. The number of benzene rings is 1. The number of rotatable bonds is 1. The van der Waals surface area contributed by atoms with Gasteiger partial charge >= 0.3 is 0 Å². The Hall–Kier alpha value is -1.55. The van der Waals surface area contributed by atoms with Crippen LogP contribution in [0.15, 0.2) is 18.2 Å². The molecular formula is C10H12N2O2. The number of carbonyl (C=O) groups excluding carboxylic acids is 1. The van der Waals surface area contributed by atoms with Crippen molar-refractivity contribution in [1.29, 1.82) is 0 Å². The highest BCUT2D eigenvalue weighted by Crippen LogP contribution is 2.31. The SMILES string of the molecule is COc1ccc2c(c1)C(N)CC(=O)N2. The minimum absolute atomic E-state index is 0.0323. The van der Waals surface area contributed by atoms with Crippen LogP contribution in [-0.4, -0.2) is 13.0 Å². The molecule has 0 aromatic heterocycles. The zero-order valence-electron chi connectivity index (χ0n) is 7.91. The highest BCUT2D eigenvalue weighted by atomic mass is 16.5. The van der Waals surface area contributed by atoms with E-state index in [1.165, 1.54) is 0 Å². The average molecular weight is 192 g/mol. The summed E-state index contributed by atoms with van der Waals surface area (Å²) in [7, 11) is 1.61. The number of hydrogen-bond acceptors (Lipinski definition) is 3. The molecule has 0 saturated heterocycles. The second-order valence-electron chi connectivity index (χ2n) is 3.31. The minimum atomic E-state index is -0.228. The molecule has 0 bridgehead atoms. The van der Waals surface area contributed by atoms with Gasteiger partial charge in [0, 0.05) is 18.2 Å². The van der Waals surface area contributed by atoms with Gasteiger partial charge in [-0.15, -0.1) is 0 Å². The van der Waals surface area contributed by atoms with E-state index in [0.717, 1.165) is 17.0 Å². The summed E-state index contributed by atoms with van der Waals surface area (Å²) in [6.07, 6.45) is 0.333. The lowest BCUT2D eigenvalue weighted by atomic mass is 9.98. The number of carbonyl (C=O) groups is 1. The van der Waals surface area contributed by atoms with E-state index in [9.17, 15) is 4.79 Å². The molecule has 0 aliphatic carbocycles. The van der Waals surface area contributed by atoms with Gasteiger partial charge < -0.3 is 15.8 Å². The van der Waals surface area contributed by atoms with Gasteiger partial charge in [-0.3, -0.25) is 4.79 Å². The van der Waals surface area contributed by atoms with Crippen molar-refractivity contribution in [2.24, 2.45) is 5.73 Å². The predicted octanol–water partition coefficient (Wildman–Crippen LogP) is 1.04. The van der Waals surface area contributed by atoms with Gasteiger partial charge in [0.15, 0.2) is 0 Å². The Morgan fingerprint density at radius 2 is 2.36 bits per heavy atom. The van der Waals surface area contributed by atoms with Gasteiger partial charge in [0.2, 0.25) is 5.91 Å². The summed E-state index contributed by atoms with van der Waals surface area (Å²) in [5, 5.41) is 2.77. The summed E-state index contributed by atoms with van der Waals surface area (Å²) in [4.78, 5) is 11.2. The van der Waals surface area contributed by atoms with E-state index < -0.39 is 0 Å². The normalized spacial score (nSPS) is 19.9. The molecule has 1 aromatic carbocycles. The second-order valence-corrected chi connectivity index (χ2v) is 3.31.